The number of aliphatic hydroxyl groups excluding tert-OH is 2. The van der Waals surface area contributed by atoms with Gasteiger partial charge < -0.3 is 25.1 Å². The zero-order valence-corrected chi connectivity index (χ0v) is 24.0. The fourth-order valence-corrected chi connectivity index (χ4v) is 4.93. The first kappa shape index (κ1) is 32.1. The molecule has 0 bridgehead atoms. The summed E-state index contributed by atoms with van der Waals surface area (Å²) in [5.74, 6) is -0.599. The second kappa shape index (κ2) is 15.4. The van der Waals surface area contributed by atoms with Crippen LogP contribution in [0.2, 0.25) is 0 Å². The van der Waals surface area contributed by atoms with E-state index in [-0.39, 0.29) is 29.3 Å². The first-order chi connectivity index (χ1) is 18.4. The van der Waals surface area contributed by atoms with Crippen molar-refractivity contribution >= 4 is 23.1 Å². The van der Waals surface area contributed by atoms with Crippen LogP contribution in [0.4, 0.5) is 4.79 Å². The van der Waals surface area contributed by atoms with Gasteiger partial charge in [0.15, 0.2) is 0 Å². The van der Waals surface area contributed by atoms with Gasteiger partial charge >= 0.3 is 11.7 Å². The minimum Gasteiger partial charge on any atom is -0.446 e. The zero-order valence-electron chi connectivity index (χ0n) is 24.0. The summed E-state index contributed by atoms with van der Waals surface area (Å²) in [6.45, 7) is 11.8. The Labute approximate surface area is 232 Å². The van der Waals surface area contributed by atoms with Crippen LogP contribution in [0.5, 0.6) is 0 Å². The van der Waals surface area contributed by atoms with Gasteiger partial charge in [0.2, 0.25) is 0 Å². The topological polar surface area (TPSA) is 123 Å². The second-order valence-corrected chi connectivity index (χ2v) is 10.8. The van der Waals surface area contributed by atoms with Crippen LogP contribution < -0.4 is 11.4 Å². The van der Waals surface area contributed by atoms with Crippen LogP contribution in [-0.4, -0.2) is 34.6 Å². The maximum Gasteiger partial charge on any atom is 0.404 e. The van der Waals surface area contributed by atoms with E-state index in [0.29, 0.717) is 18.4 Å². The predicted octanol–water partition coefficient (Wildman–Crippen LogP) is 6.23. The molecule has 4 N–H and O–H groups in total. The van der Waals surface area contributed by atoms with Gasteiger partial charge in [-0.15, -0.1) is 0 Å². The highest BCUT2D eigenvalue weighted by atomic mass is 16.6. The Morgan fingerprint density at radius 2 is 1.74 bits per heavy atom. The standard InChI is InChI=1S/C32H45NO6/c1-7-8-9-10-27(39-32(33)37)24(6)31(36)23(5)18-20(2)17-22(4)30(35)21(3)11-12-25-13-14-26-15-16-29(34)38-28(26)19-25/h8-9,11-17,19,21-24,27,30-31,35-36H,7,10,18H2,1-6H3,(H2,33,37)/b9-8-,12-11-,20-17-/t21?,22-,23-,24+,27-,30-,31+/m0/s1. The summed E-state index contributed by atoms with van der Waals surface area (Å²) < 4.78 is 10.6. The summed E-state index contributed by atoms with van der Waals surface area (Å²) in [4.78, 5) is 22.9. The molecule has 0 aliphatic heterocycles. The van der Waals surface area contributed by atoms with Crippen LogP contribution in [0, 0.1) is 23.7 Å². The van der Waals surface area contributed by atoms with Crippen LogP contribution >= 0.6 is 0 Å². The molecule has 1 heterocycles. The van der Waals surface area contributed by atoms with E-state index in [1.165, 1.54) is 6.07 Å². The fourth-order valence-electron chi connectivity index (χ4n) is 4.93. The number of ether oxygens (including phenoxy) is 1. The van der Waals surface area contributed by atoms with Gasteiger partial charge in [0, 0.05) is 35.6 Å². The van der Waals surface area contributed by atoms with Crippen molar-refractivity contribution in [2.75, 3.05) is 0 Å². The zero-order chi connectivity index (χ0) is 29.1. The number of hydrogen-bond donors (Lipinski definition) is 3. The largest absolute Gasteiger partial charge is 0.446 e. The highest BCUT2D eigenvalue weighted by Gasteiger charge is 2.30. The number of allylic oxidation sites excluding steroid dienone is 2. The van der Waals surface area contributed by atoms with Crippen LogP contribution in [0.15, 0.2) is 69.4 Å². The number of primary amides is 1. The number of amides is 1. The molecule has 0 saturated heterocycles. The van der Waals surface area contributed by atoms with Crippen molar-refractivity contribution in [2.45, 2.75) is 79.1 Å². The highest BCUT2D eigenvalue weighted by Crippen LogP contribution is 2.27. The first-order valence-corrected chi connectivity index (χ1v) is 13.8. The van der Waals surface area contributed by atoms with Crippen molar-refractivity contribution in [2.24, 2.45) is 29.4 Å². The lowest BCUT2D eigenvalue weighted by atomic mass is 9.83. The molecule has 0 fully saturated rings. The summed E-state index contributed by atoms with van der Waals surface area (Å²) in [6, 6.07) is 8.78. The molecule has 1 unspecified atom stereocenters. The Bertz CT molecular complexity index is 1210. The molecule has 7 atom stereocenters. The number of nitrogens with two attached hydrogens (primary N) is 1. The Morgan fingerprint density at radius 1 is 1.05 bits per heavy atom. The van der Waals surface area contributed by atoms with Crippen molar-refractivity contribution in [3.05, 3.63) is 76.2 Å². The van der Waals surface area contributed by atoms with Gasteiger partial charge in [-0.05, 0) is 43.4 Å². The Kier molecular flexibility index (Phi) is 12.7. The lowest BCUT2D eigenvalue weighted by Crippen LogP contribution is -2.37. The minimum atomic E-state index is -0.842. The number of carbonyl (C=O) groups is 1. The second-order valence-electron chi connectivity index (χ2n) is 10.8. The van der Waals surface area contributed by atoms with Crippen molar-refractivity contribution in [1.29, 1.82) is 0 Å². The molecule has 2 rings (SSSR count). The third kappa shape index (κ3) is 10.2. The average molecular weight is 540 g/mol. The normalized spacial score (nSPS) is 18.1. The molecule has 214 valence electrons. The van der Waals surface area contributed by atoms with E-state index >= 15 is 0 Å². The number of rotatable bonds is 14. The van der Waals surface area contributed by atoms with Crippen molar-refractivity contribution in [3.8, 4) is 0 Å². The molecule has 0 spiro atoms. The summed E-state index contributed by atoms with van der Waals surface area (Å²) in [7, 11) is 0. The number of carbonyl (C=O) groups excluding carboxylic acids is 1. The Hall–Kier alpha value is -3.16. The van der Waals surface area contributed by atoms with E-state index in [2.05, 4.69) is 6.08 Å². The predicted molar refractivity (Wildman–Crippen MR) is 157 cm³/mol. The molecule has 0 radical (unpaired) electrons. The quantitative estimate of drug-likeness (QED) is 0.193. The molecule has 0 aliphatic carbocycles. The van der Waals surface area contributed by atoms with E-state index in [1.807, 2.05) is 84.0 Å². The summed E-state index contributed by atoms with van der Waals surface area (Å²) >= 11 is 0. The molecule has 2 aromatic rings. The molecule has 1 aromatic heterocycles. The van der Waals surface area contributed by atoms with E-state index in [9.17, 15) is 19.8 Å². The van der Waals surface area contributed by atoms with Crippen molar-refractivity contribution in [3.63, 3.8) is 0 Å². The SMILES string of the molecule is CC/C=C\C[C@H](OC(N)=O)[C@@H](C)[C@H](O)[C@@H](C)C/C(C)=C\[C@H](C)[C@@H](O)C(C)/C=C\c1ccc2ccc(=O)oc2c1. The van der Waals surface area contributed by atoms with Crippen LogP contribution in [0.3, 0.4) is 0 Å². The molecule has 1 amide bonds. The van der Waals surface area contributed by atoms with E-state index < -0.39 is 24.4 Å². The van der Waals surface area contributed by atoms with Gasteiger partial charge in [-0.3, -0.25) is 0 Å². The molecular weight excluding hydrogens is 494 g/mol. The van der Waals surface area contributed by atoms with E-state index in [0.717, 1.165) is 22.9 Å². The monoisotopic (exact) mass is 539 g/mol. The van der Waals surface area contributed by atoms with E-state index in [1.54, 1.807) is 6.07 Å². The van der Waals surface area contributed by atoms with Gasteiger partial charge in [-0.1, -0.05) is 82.7 Å². The molecule has 7 heteroatoms. The van der Waals surface area contributed by atoms with Gasteiger partial charge in [0.1, 0.15) is 11.7 Å². The maximum absolute atomic E-state index is 11.5. The van der Waals surface area contributed by atoms with Gasteiger partial charge in [0.05, 0.1) is 12.2 Å². The molecule has 0 saturated carbocycles. The summed E-state index contributed by atoms with van der Waals surface area (Å²) in [6.07, 6.45) is 9.24. The Balaban J connectivity index is 1.99. The summed E-state index contributed by atoms with van der Waals surface area (Å²) in [5, 5.41) is 22.8. The molecule has 0 aliphatic rings. The van der Waals surface area contributed by atoms with Crippen molar-refractivity contribution in [1.82, 2.24) is 0 Å². The summed E-state index contributed by atoms with van der Waals surface area (Å²) in [5.41, 5.74) is 7.36. The van der Waals surface area contributed by atoms with Crippen LogP contribution in [0.25, 0.3) is 17.0 Å². The number of aliphatic hydroxyl groups is 2. The smallest absolute Gasteiger partial charge is 0.404 e. The maximum atomic E-state index is 11.5. The van der Waals surface area contributed by atoms with Gasteiger partial charge in [-0.2, -0.15) is 0 Å². The van der Waals surface area contributed by atoms with Crippen molar-refractivity contribution < 1.29 is 24.2 Å². The van der Waals surface area contributed by atoms with Gasteiger partial charge in [-0.25, -0.2) is 9.59 Å². The van der Waals surface area contributed by atoms with E-state index in [4.69, 9.17) is 14.9 Å². The lowest BCUT2D eigenvalue weighted by Gasteiger charge is -2.30. The molecule has 1 aromatic carbocycles. The fraction of sp³-hybridized carbons (Fsp3) is 0.500. The van der Waals surface area contributed by atoms with Gasteiger partial charge in [0.25, 0.3) is 0 Å². The number of hydrogen-bond acceptors (Lipinski definition) is 6. The lowest BCUT2D eigenvalue weighted by molar-refractivity contribution is -0.0116. The third-order valence-corrected chi connectivity index (χ3v) is 7.25. The van der Waals surface area contributed by atoms with Crippen LogP contribution in [0.1, 0.15) is 66.4 Å². The number of benzene rings is 1. The Morgan fingerprint density at radius 3 is 2.41 bits per heavy atom. The molecular formula is C32H45NO6. The first-order valence-electron chi connectivity index (χ1n) is 13.8. The molecule has 7 nitrogen and oxygen atoms in total. The average Bonchev–Trinajstić information content (AvgIpc) is 2.89. The highest BCUT2D eigenvalue weighted by molar-refractivity contribution is 5.79. The third-order valence-electron chi connectivity index (χ3n) is 7.25. The van der Waals surface area contributed by atoms with Crippen LogP contribution in [-0.2, 0) is 4.74 Å². The molecule has 39 heavy (non-hydrogen) atoms. The minimum absolute atomic E-state index is 0.0833. The number of fused-ring (bicyclic) bond motifs is 1.